The second-order valence-electron chi connectivity index (χ2n) is 3.70. The second kappa shape index (κ2) is 5.91. The molecule has 1 unspecified atom stereocenters. The van der Waals surface area contributed by atoms with Crippen LogP contribution >= 0.6 is 0 Å². The summed E-state index contributed by atoms with van der Waals surface area (Å²) < 4.78 is 0. The number of nitrogens with zero attached hydrogens (tertiary/aromatic N) is 4. The number of aromatic nitrogens is 2. The van der Waals surface area contributed by atoms with Crippen LogP contribution in [-0.2, 0) is 0 Å². The lowest BCUT2D eigenvalue weighted by atomic mass is 10.2. The Balaban J connectivity index is 2.71. The van der Waals surface area contributed by atoms with Crippen LogP contribution in [0.3, 0.4) is 0 Å². The summed E-state index contributed by atoms with van der Waals surface area (Å²) >= 11 is 0. The minimum Gasteiger partial charge on any atom is -0.369 e. The largest absolute Gasteiger partial charge is 0.369 e. The molecule has 0 amide bonds. The van der Waals surface area contributed by atoms with E-state index >= 15 is 0 Å². The van der Waals surface area contributed by atoms with Gasteiger partial charge in [-0.1, -0.05) is 0 Å². The SMILES string of the molecule is CCNc1cncc(N(C)CC(C)C#N)n1. The molecule has 16 heavy (non-hydrogen) atoms. The zero-order valence-electron chi connectivity index (χ0n) is 9.94. The fraction of sp³-hybridized carbons (Fsp3) is 0.545. The number of anilines is 2. The van der Waals surface area contributed by atoms with Gasteiger partial charge in [-0.3, -0.25) is 4.98 Å². The molecule has 0 aliphatic rings. The molecular formula is C11H17N5. The van der Waals surface area contributed by atoms with Crippen molar-refractivity contribution in [3.63, 3.8) is 0 Å². The lowest BCUT2D eigenvalue weighted by Crippen LogP contribution is -2.24. The molecule has 0 fully saturated rings. The third-order valence-corrected chi connectivity index (χ3v) is 2.14. The first-order chi connectivity index (χ1) is 7.67. The molecule has 1 heterocycles. The number of nitriles is 1. The maximum absolute atomic E-state index is 8.74. The average molecular weight is 219 g/mol. The van der Waals surface area contributed by atoms with E-state index in [9.17, 15) is 0 Å². The van der Waals surface area contributed by atoms with Crippen LogP contribution < -0.4 is 10.2 Å². The number of rotatable bonds is 5. The van der Waals surface area contributed by atoms with Gasteiger partial charge in [0.25, 0.3) is 0 Å². The van der Waals surface area contributed by atoms with Gasteiger partial charge in [-0.05, 0) is 13.8 Å². The van der Waals surface area contributed by atoms with Crippen LogP contribution in [0.2, 0.25) is 0 Å². The molecule has 0 saturated carbocycles. The highest BCUT2D eigenvalue weighted by atomic mass is 15.2. The topological polar surface area (TPSA) is 64.8 Å². The lowest BCUT2D eigenvalue weighted by Gasteiger charge is -2.19. The molecule has 5 nitrogen and oxygen atoms in total. The van der Waals surface area contributed by atoms with Crippen LogP contribution in [-0.4, -0.2) is 30.1 Å². The number of nitrogens with one attached hydrogen (secondary N) is 1. The Kier molecular flexibility index (Phi) is 4.52. The monoisotopic (exact) mass is 219 g/mol. The minimum absolute atomic E-state index is 0.0189. The summed E-state index contributed by atoms with van der Waals surface area (Å²) in [5, 5.41) is 11.8. The van der Waals surface area contributed by atoms with Gasteiger partial charge in [0.15, 0.2) is 0 Å². The van der Waals surface area contributed by atoms with Crippen LogP contribution in [0.15, 0.2) is 12.4 Å². The molecule has 1 aromatic rings. The second-order valence-corrected chi connectivity index (χ2v) is 3.70. The van der Waals surface area contributed by atoms with Crippen LogP contribution in [0.5, 0.6) is 0 Å². The molecule has 1 aromatic heterocycles. The summed E-state index contributed by atoms with van der Waals surface area (Å²) in [4.78, 5) is 10.4. The normalized spacial score (nSPS) is 11.6. The van der Waals surface area contributed by atoms with E-state index < -0.39 is 0 Å². The fourth-order valence-corrected chi connectivity index (χ4v) is 1.35. The van der Waals surface area contributed by atoms with E-state index in [4.69, 9.17) is 5.26 Å². The molecule has 0 bridgehead atoms. The summed E-state index contributed by atoms with van der Waals surface area (Å²) in [5.41, 5.74) is 0. The molecular weight excluding hydrogens is 202 g/mol. The maximum Gasteiger partial charge on any atom is 0.149 e. The molecule has 5 heteroatoms. The highest BCUT2D eigenvalue weighted by Crippen LogP contribution is 2.11. The molecule has 0 aliphatic heterocycles. The quantitative estimate of drug-likeness (QED) is 0.813. The smallest absolute Gasteiger partial charge is 0.149 e. The first kappa shape index (κ1) is 12.2. The van der Waals surface area contributed by atoms with Crippen molar-refractivity contribution in [2.24, 2.45) is 5.92 Å². The molecule has 0 spiro atoms. The van der Waals surface area contributed by atoms with Crippen molar-refractivity contribution < 1.29 is 0 Å². The van der Waals surface area contributed by atoms with E-state index in [1.165, 1.54) is 0 Å². The van der Waals surface area contributed by atoms with Crippen LogP contribution in [0.1, 0.15) is 13.8 Å². The zero-order chi connectivity index (χ0) is 12.0. The Bertz CT molecular complexity index is 371. The fourth-order valence-electron chi connectivity index (χ4n) is 1.35. The highest BCUT2D eigenvalue weighted by Gasteiger charge is 2.08. The van der Waals surface area contributed by atoms with Gasteiger partial charge in [-0.2, -0.15) is 5.26 Å². The van der Waals surface area contributed by atoms with Crippen molar-refractivity contribution >= 4 is 11.6 Å². The average Bonchev–Trinajstić information content (AvgIpc) is 2.29. The van der Waals surface area contributed by atoms with Gasteiger partial charge in [-0.15, -0.1) is 0 Å². The van der Waals surface area contributed by atoms with Crippen LogP contribution in [0, 0.1) is 17.2 Å². The van der Waals surface area contributed by atoms with Crippen molar-refractivity contribution in [2.75, 3.05) is 30.4 Å². The van der Waals surface area contributed by atoms with Crippen molar-refractivity contribution in [1.29, 1.82) is 5.26 Å². The van der Waals surface area contributed by atoms with Gasteiger partial charge >= 0.3 is 0 Å². The first-order valence-electron chi connectivity index (χ1n) is 5.34. The van der Waals surface area contributed by atoms with Crippen molar-refractivity contribution in [2.45, 2.75) is 13.8 Å². The van der Waals surface area contributed by atoms with Gasteiger partial charge in [0.2, 0.25) is 0 Å². The Morgan fingerprint density at radius 2 is 2.31 bits per heavy atom. The van der Waals surface area contributed by atoms with Gasteiger partial charge in [0.1, 0.15) is 11.6 Å². The van der Waals surface area contributed by atoms with E-state index in [0.29, 0.717) is 6.54 Å². The Morgan fingerprint density at radius 3 is 2.94 bits per heavy atom. The van der Waals surface area contributed by atoms with Crippen molar-refractivity contribution in [1.82, 2.24) is 9.97 Å². The molecule has 1 rings (SSSR count). The van der Waals surface area contributed by atoms with Crippen molar-refractivity contribution in [3.8, 4) is 6.07 Å². The maximum atomic E-state index is 8.74. The number of hydrogen-bond donors (Lipinski definition) is 1. The predicted octanol–water partition coefficient (Wildman–Crippen LogP) is 1.50. The third kappa shape index (κ3) is 3.39. The summed E-state index contributed by atoms with van der Waals surface area (Å²) in [6.07, 6.45) is 3.39. The Morgan fingerprint density at radius 1 is 1.56 bits per heavy atom. The van der Waals surface area contributed by atoms with E-state index in [1.54, 1.807) is 12.4 Å². The number of hydrogen-bond acceptors (Lipinski definition) is 5. The van der Waals surface area contributed by atoms with Gasteiger partial charge in [0, 0.05) is 20.1 Å². The first-order valence-corrected chi connectivity index (χ1v) is 5.34. The van der Waals surface area contributed by atoms with Gasteiger partial charge in [-0.25, -0.2) is 4.98 Å². The lowest BCUT2D eigenvalue weighted by molar-refractivity contribution is 0.709. The molecule has 86 valence electrons. The molecule has 0 saturated heterocycles. The summed E-state index contributed by atoms with van der Waals surface area (Å²) in [7, 11) is 1.91. The molecule has 1 atom stereocenters. The van der Waals surface area contributed by atoms with E-state index in [2.05, 4.69) is 21.4 Å². The van der Waals surface area contributed by atoms with E-state index in [1.807, 2.05) is 25.8 Å². The summed E-state index contributed by atoms with van der Waals surface area (Å²) in [6, 6.07) is 2.20. The van der Waals surface area contributed by atoms with Gasteiger partial charge < -0.3 is 10.2 Å². The minimum atomic E-state index is -0.0189. The summed E-state index contributed by atoms with van der Waals surface area (Å²) in [6.45, 7) is 5.37. The molecule has 1 N–H and O–H groups in total. The van der Waals surface area contributed by atoms with Gasteiger partial charge in [0.05, 0.1) is 24.4 Å². The standard InChI is InChI=1S/C11H17N5/c1-4-14-10-6-13-7-11(15-10)16(3)8-9(2)5-12/h6-7,9H,4,8H2,1-3H3,(H,14,15). The predicted molar refractivity (Wildman–Crippen MR) is 64.2 cm³/mol. The zero-order valence-corrected chi connectivity index (χ0v) is 9.94. The molecule has 0 radical (unpaired) electrons. The highest BCUT2D eigenvalue weighted by molar-refractivity contribution is 5.43. The third-order valence-electron chi connectivity index (χ3n) is 2.14. The van der Waals surface area contributed by atoms with Crippen LogP contribution in [0.25, 0.3) is 0 Å². The Hall–Kier alpha value is -1.83. The Labute approximate surface area is 96.1 Å². The molecule has 0 aliphatic carbocycles. The molecule has 0 aromatic carbocycles. The van der Waals surface area contributed by atoms with Crippen LogP contribution in [0.4, 0.5) is 11.6 Å². The van der Waals surface area contributed by atoms with Crippen molar-refractivity contribution in [3.05, 3.63) is 12.4 Å². The van der Waals surface area contributed by atoms with E-state index in [-0.39, 0.29) is 5.92 Å². The summed E-state index contributed by atoms with van der Waals surface area (Å²) in [5.74, 6) is 1.52. The van der Waals surface area contributed by atoms with E-state index in [0.717, 1.165) is 18.2 Å².